The van der Waals surface area contributed by atoms with Crippen LogP contribution in [-0.2, 0) is 14.4 Å². The molecule has 0 aliphatic heterocycles. The second kappa shape index (κ2) is 7.41. The van der Waals surface area contributed by atoms with Gasteiger partial charge in [0.05, 0.1) is 12.8 Å². The lowest BCUT2D eigenvalue weighted by atomic mass is 9.97. The molecule has 0 bridgehead atoms. The van der Waals surface area contributed by atoms with E-state index in [1.54, 1.807) is 20.0 Å². The minimum absolute atomic E-state index is 0.221. The van der Waals surface area contributed by atoms with Crippen molar-refractivity contribution in [2.75, 3.05) is 7.11 Å². The van der Waals surface area contributed by atoms with Crippen LogP contribution in [0.25, 0.3) is 0 Å². The highest BCUT2D eigenvalue weighted by Gasteiger charge is 2.31. The van der Waals surface area contributed by atoms with Crippen LogP contribution < -0.4 is 0 Å². The zero-order valence-electron chi connectivity index (χ0n) is 13.0. The van der Waals surface area contributed by atoms with Gasteiger partial charge in [-0.25, -0.2) is 9.78 Å². The van der Waals surface area contributed by atoms with Crippen LogP contribution in [-0.4, -0.2) is 29.4 Å². The summed E-state index contributed by atoms with van der Waals surface area (Å²) in [5, 5.41) is 4.49. The normalized spacial score (nSPS) is 13.7. The molecule has 0 amide bonds. The number of aromatic nitrogens is 1. The van der Waals surface area contributed by atoms with Crippen LogP contribution in [0.5, 0.6) is 0 Å². The molecule has 0 radical (unpaired) electrons. The quantitative estimate of drug-likeness (QED) is 0.349. The van der Waals surface area contributed by atoms with Gasteiger partial charge in [0.25, 0.3) is 0 Å². The molecule has 1 rings (SSSR count). The molecule has 0 saturated heterocycles. The second-order valence-electron chi connectivity index (χ2n) is 5.44. The minimum Gasteiger partial charge on any atom is -0.466 e. The van der Waals surface area contributed by atoms with Gasteiger partial charge in [-0.2, -0.15) is 0 Å². The Morgan fingerprint density at radius 1 is 1.52 bits per heavy atom. The summed E-state index contributed by atoms with van der Waals surface area (Å²) < 4.78 is 4.66. The molecule has 0 fully saturated rings. The van der Waals surface area contributed by atoms with Gasteiger partial charge in [0.15, 0.2) is 0 Å². The summed E-state index contributed by atoms with van der Waals surface area (Å²) >= 11 is 5.88. The van der Waals surface area contributed by atoms with E-state index >= 15 is 0 Å². The number of methoxy groups -OCH3 is 1. The molecule has 6 heteroatoms. The lowest BCUT2D eigenvalue weighted by Gasteiger charge is -2.19. The van der Waals surface area contributed by atoms with E-state index in [1.165, 1.54) is 7.11 Å². The summed E-state index contributed by atoms with van der Waals surface area (Å²) in [6.07, 6.45) is 2.37. The zero-order chi connectivity index (χ0) is 16.0. The van der Waals surface area contributed by atoms with Gasteiger partial charge in [-0.15, -0.1) is 0 Å². The third-order valence-electron chi connectivity index (χ3n) is 3.03. The Hall–Kier alpha value is -1.62. The lowest BCUT2D eigenvalue weighted by Crippen LogP contribution is -2.34. The lowest BCUT2D eigenvalue weighted by molar-refractivity contribution is -0.165. The Morgan fingerprint density at radius 3 is 2.76 bits per heavy atom. The maximum Gasteiger partial charge on any atom is 0.352 e. The highest BCUT2D eigenvalue weighted by Crippen LogP contribution is 2.22. The van der Waals surface area contributed by atoms with Crippen molar-refractivity contribution in [3.63, 3.8) is 0 Å². The van der Waals surface area contributed by atoms with Crippen LogP contribution in [0, 0.1) is 0 Å². The third-order valence-corrected chi connectivity index (χ3v) is 3.23. The number of nitrogens with zero attached hydrogens (tertiary/aromatic N) is 2. The fraction of sp³-hybridized carbons (Fsp3) is 0.533. The first kappa shape index (κ1) is 17.4. The number of pyridine rings is 1. The zero-order valence-corrected chi connectivity index (χ0v) is 13.8. The van der Waals surface area contributed by atoms with Crippen LogP contribution in [0.15, 0.2) is 23.5 Å². The van der Waals surface area contributed by atoms with Crippen LogP contribution in [0.4, 0.5) is 0 Å². The number of esters is 1. The first-order valence-corrected chi connectivity index (χ1v) is 7.05. The average Bonchev–Trinajstić information content (AvgIpc) is 2.44. The maximum atomic E-state index is 11.5. The van der Waals surface area contributed by atoms with Crippen molar-refractivity contribution in [2.45, 2.75) is 45.6 Å². The Labute approximate surface area is 130 Å². The third kappa shape index (κ3) is 5.34. The molecule has 1 aromatic heterocycles. The first-order valence-electron chi connectivity index (χ1n) is 6.67. The summed E-state index contributed by atoms with van der Waals surface area (Å²) in [5.41, 5.74) is 0.767. The molecule has 21 heavy (non-hydrogen) atoms. The maximum absolute atomic E-state index is 11.5. The van der Waals surface area contributed by atoms with Crippen LogP contribution in [0.2, 0.25) is 5.15 Å². The van der Waals surface area contributed by atoms with Gasteiger partial charge >= 0.3 is 5.97 Å². The number of hydrogen-bond acceptors (Lipinski definition) is 5. The van der Waals surface area contributed by atoms with Gasteiger partial charge in [0, 0.05) is 6.20 Å². The van der Waals surface area contributed by atoms with Crippen LogP contribution in [0.3, 0.4) is 0 Å². The minimum atomic E-state index is -1.10. The van der Waals surface area contributed by atoms with Gasteiger partial charge in [0.2, 0.25) is 5.60 Å². The Balaban J connectivity index is 2.66. The van der Waals surface area contributed by atoms with Crippen molar-refractivity contribution >= 4 is 23.3 Å². The van der Waals surface area contributed by atoms with E-state index < -0.39 is 11.6 Å². The van der Waals surface area contributed by atoms with Crippen LogP contribution in [0.1, 0.15) is 45.6 Å². The van der Waals surface area contributed by atoms with Crippen molar-refractivity contribution in [1.82, 2.24) is 4.98 Å². The van der Waals surface area contributed by atoms with Gasteiger partial charge in [-0.1, -0.05) is 23.7 Å². The number of carbonyl (C=O) groups excluding carboxylic acids is 1. The highest BCUT2D eigenvalue weighted by molar-refractivity contribution is 6.29. The van der Waals surface area contributed by atoms with E-state index in [4.69, 9.17) is 16.4 Å². The van der Waals surface area contributed by atoms with E-state index in [0.29, 0.717) is 11.6 Å². The number of hydrogen-bond donors (Lipinski definition) is 0. The van der Waals surface area contributed by atoms with E-state index in [0.717, 1.165) is 11.3 Å². The average molecular weight is 313 g/mol. The molecule has 0 aliphatic carbocycles. The number of halogens is 1. The van der Waals surface area contributed by atoms with E-state index in [2.05, 4.69) is 21.8 Å². The van der Waals surface area contributed by atoms with Gasteiger partial charge < -0.3 is 9.57 Å². The molecule has 1 heterocycles. The largest absolute Gasteiger partial charge is 0.466 e. The number of ether oxygens (including phenoxy) is 1. The number of carbonyl (C=O) groups is 1. The van der Waals surface area contributed by atoms with E-state index in [9.17, 15) is 4.79 Å². The van der Waals surface area contributed by atoms with Crippen molar-refractivity contribution in [3.05, 3.63) is 29.0 Å². The van der Waals surface area contributed by atoms with Gasteiger partial charge in [0.1, 0.15) is 5.15 Å². The molecule has 116 valence electrons. The van der Waals surface area contributed by atoms with Gasteiger partial charge in [-0.3, -0.25) is 0 Å². The Morgan fingerprint density at radius 2 is 2.19 bits per heavy atom. The first-order chi connectivity index (χ1) is 9.76. The predicted octanol–water partition coefficient (Wildman–Crippen LogP) is 3.57. The highest BCUT2D eigenvalue weighted by atomic mass is 35.5. The smallest absolute Gasteiger partial charge is 0.352 e. The molecular formula is C15H21ClN2O3. The molecule has 1 atom stereocenters. The Bertz CT molecular complexity index is 529. The molecule has 0 N–H and O–H groups in total. The van der Waals surface area contributed by atoms with E-state index in [1.807, 2.05) is 19.1 Å². The SMILES string of the molecule is COC(=O)C(C)(C)ON=C(C)CC(C)c1ccnc(Cl)c1. The van der Waals surface area contributed by atoms with Crippen molar-refractivity contribution in [1.29, 1.82) is 0 Å². The number of oxime groups is 1. The van der Waals surface area contributed by atoms with Crippen molar-refractivity contribution < 1.29 is 14.4 Å². The van der Waals surface area contributed by atoms with Gasteiger partial charge in [-0.05, 0) is 50.8 Å². The Kier molecular flexibility index (Phi) is 6.15. The molecule has 5 nitrogen and oxygen atoms in total. The standard InChI is InChI=1S/C15H21ClN2O3/c1-10(12-6-7-17-13(16)9-12)8-11(2)18-21-15(3,4)14(19)20-5/h6-7,9-10H,8H2,1-5H3. The van der Waals surface area contributed by atoms with Crippen LogP contribution >= 0.6 is 11.6 Å². The summed E-state index contributed by atoms with van der Waals surface area (Å²) in [4.78, 5) is 20.7. The van der Waals surface area contributed by atoms with Crippen molar-refractivity contribution in [3.8, 4) is 0 Å². The van der Waals surface area contributed by atoms with Crippen molar-refractivity contribution in [2.24, 2.45) is 5.16 Å². The molecule has 0 spiro atoms. The molecule has 1 unspecified atom stereocenters. The molecular weight excluding hydrogens is 292 g/mol. The summed E-state index contributed by atoms with van der Waals surface area (Å²) in [6.45, 7) is 7.14. The summed E-state index contributed by atoms with van der Waals surface area (Å²) in [7, 11) is 1.32. The molecule has 0 saturated carbocycles. The fourth-order valence-electron chi connectivity index (χ4n) is 1.80. The summed E-state index contributed by atoms with van der Waals surface area (Å²) in [6, 6.07) is 3.75. The fourth-order valence-corrected chi connectivity index (χ4v) is 1.98. The molecule has 0 aromatic carbocycles. The topological polar surface area (TPSA) is 60.8 Å². The predicted molar refractivity (Wildman–Crippen MR) is 82.6 cm³/mol. The molecule has 0 aliphatic rings. The summed E-state index contributed by atoms with van der Waals surface area (Å²) in [5.74, 6) is -0.243. The molecule has 1 aromatic rings. The number of rotatable bonds is 6. The second-order valence-corrected chi connectivity index (χ2v) is 5.82. The monoisotopic (exact) mass is 312 g/mol. The van der Waals surface area contributed by atoms with E-state index in [-0.39, 0.29) is 5.92 Å².